The van der Waals surface area contributed by atoms with Crippen molar-refractivity contribution in [2.45, 2.75) is 0 Å². The van der Waals surface area contributed by atoms with E-state index >= 15 is 0 Å². The number of anilines is 1. The number of hydrazine groups is 1. The molecule has 0 aliphatic heterocycles. The summed E-state index contributed by atoms with van der Waals surface area (Å²) in [5.41, 5.74) is 5.48. The number of nitrogens with zero attached hydrogens (tertiary/aromatic N) is 1. The van der Waals surface area contributed by atoms with E-state index in [1.54, 1.807) is 36.4 Å². The van der Waals surface area contributed by atoms with Crippen LogP contribution >= 0.6 is 0 Å². The average Bonchev–Trinajstić information content (AvgIpc) is 2.82. The van der Waals surface area contributed by atoms with Crippen LogP contribution in [0.3, 0.4) is 0 Å². The molecule has 3 aromatic rings. The van der Waals surface area contributed by atoms with Crippen LogP contribution in [0.4, 0.5) is 11.4 Å². The number of nitro groups is 1. The van der Waals surface area contributed by atoms with Crippen molar-refractivity contribution in [2.24, 2.45) is 0 Å². The summed E-state index contributed by atoms with van der Waals surface area (Å²) in [4.78, 5) is 46.9. The molecular weight excluding hydrogens is 416 g/mol. The monoisotopic (exact) mass is 434 g/mol. The molecule has 0 radical (unpaired) electrons. The minimum absolute atomic E-state index is 0.136. The molecule has 0 fully saturated rings. The van der Waals surface area contributed by atoms with Crippen molar-refractivity contribution in [1.82, 2.24) is 10.9 Å². The van der Waals surface area contributed by atoms with Gasteiger partial charge in [0.2, 0.25) is 0 Å². The van der Waals surface area contributed by atoms with E-state index in [9.17, 15) is 24.5 Å². The first-order valence-electron chi connectivity index (χ1n) is 9.28. The Kier molecular flexibility index (Phi) is 6.76. The summed E-state index contributed by atoms with van der Waals surface area (Å²) in [5, 5.41) is 13.4. The van der Waals surface area contributed by atoms with E-state index in [4.69, 9.17) is 4.74 Å². The first-order chi connectivity index (χ1) is 15.4. The molecule has 0 aliphatic carbocycles. The van der Waals surface area contributed by atoms with Crippen LogP contribution in [0.5, 0.6) is 5.75 Å². The van der Waals surface area contributed by atoms with Gasteiger partial charge in [-0.25, -0.2) is 0 Å². The summed E-state index contributed by atoms with van der Waals surface area (Å²) in [6, 6.07) is 17.6. The zero-order valence-electron chi connectivity index (χ0n) is 16.8. The highest BCUT2D eigenvalue weighted by molar-refractivity contribution is 6.05. The van der Waals surface area contributed by atoms with E-state index in [0.717, 1.165) is 0 Å². The van der Waals surface area contributed by atoms with Crippen molar-refractivity contribution in [3.8, 4) is 5.75 Å². The van der Waals surface area contributed by atoms with Crippen molar-refractivity contribution in [1.29, 1.82) is 0 Å². The maximum atomic E-state index is 12.4. The molecule has 3 aromatic carbocycles. The van der Waals surface area contributed by atoms with Crippen LogP contribution in [-0.2, 0) is 0 Å². The van der Waals surface area contributed by atoms with Crippen molar-refractivity contribution < 1.29 is 24.0 Å². The second kappa shape index (κ2) is 9.85. The highest BCUT2D eigenvalue weighted by atomic mass is 16.6. The van der Waals surface area contributed by atoms with Crippen molar-refractivity contribution in [2.75, 3.05) is 12.4 Å². The number of amides is 3. The predicted molar refractivity (Wildman–Crippen MR) is 115 cm³/mol. The molecule has 3 rings (SSSR count). The first kappa shape index (κ1) is 22.0. The van der Waals surface area contributed by atoms with Crippen LogP contribution in [0.1, 0.15) is 31.1 Å². The van der Waals surface area contributed by atoms with Gasteiger partial charge < -0.3 is 10.1 Å². The summed E-state index contributed by atoms with van der Waals surface area (Å²) in [6.07, 6.45) is 0. The molecule has 3 amide bonds. The molecule has 0 heterocycles. The Labute approximate surface area is 182 Å². The average molecular weight is 434 g/mol. The number of carbonyl (C=O) groups is 3. The van der Waals surface area contributed by atoms with Gasteiger partial charge in [-0.15, -0.1) is 0 Å². The zero-order chi connectivity index (χ0) is 23.1. The molecule has 0 unspecified atom stereocenters. The summed E-state index contributed by atoms with van der Waals surface area (Å²) >= 11 is 0. The number of hydrogen-bond donors (Lipinski definition) is 3. The third kappa shape index (κ3) is 5.45. The van der Waals surface area contributed by atoms with Gasteiger partial charge in [-0.2, -0.15) is 0 Å². The molecule has 0 aliphatic rings. The summed E-state index contributed by atoms with van der Waals surface area (Å²) in [7, 11) is 1.53. The topological polar surface area (TPSA) is 140 Å². The summed E-state index contributed by atoms with van der Waals surface area (Å²) in [5.74, 6) is -0.995. The van der Waals surface area contributed by atoms with Crippen LogP contribution < -0.4 is 20.9 Å². The van der Waals surface area contributed by atoms with Crippen molar-refractivity contribution in [3.63, 3.8) is 0 Å². The van der Waals surface area contributed by atoms with Crippen LogP contribution in [0.25, 0.3) is 0 Å². The molecular formula is C22H18N4O6. The van der Waals surface area contributed by atoms with Crippen LogP contribution in [-0.4, -0.2) is 29.8 Å². The largest absolute Gasteiger partial charge is 0.497 e. The van der Waals surface area contributed by atoms with E-state index in [1.807, 2.05) is 0 Å². The minimum Gasteiger partial charge on any atom is -0.497 e. The molecule has 32 heavy (non-hydrogen) atoms. The number of non-ortho nitro benzene ring substituents is 1. The van der Waals surface area contributed by atoms with Gasteiger partial charge in [0.1, 0.15) is 5.75 Å². The van der Waals surface area contributed by atoms with Crippen LogP contribution in [0.2, 0.25) is 0 Å². The van der Waals surface area contributed by atoms with E-state index < -0.39 is 16.7 Å². The number of benzene rings is 3. The quantitative estimate of drug-likeness (QED) is 0.403. The van der Waals surface area contributed by atoms with Crippen molar-refractivity contribution >= 4 is 29.1 Å². The van der Waals surface area contributed by atoms with Gasteiger partial charge in [-0.1, -0.05) is 6.07 Å². The number of nitro benzene ring substituents is 1. The highest BCUT2D eigenvalue weighted by Gasteiger charge is 2.13. The fourth-order valence-electron chi connectivity index (χ4n) is 2.68. The van der Waals surface area contributed by atoms with Crippen LogP contribution in [0.15, 0.2) is 72.8 Å². The van der Waals surface area contributed by atoms with E-state index in [-0.39, 0.29) is 22.7 Å². The molecule has 0 atom stereocenters. The lowest BCUT2D eigenvalue weighted by Crippen LogP contribution is -2.41. The molecule has 0 spiro atoms. The lowest BCUT2D eigenvalue weighted by atomic mass is 10.1. The number of ether oxygens (including phenoxy) is 1. The second-order valence-electron chi connectivity index (χ2n) is 6.48. The maximum Gasteiger partial charge on any atom is 0.269 e. The third-order valence-corrected chi connectivity index (χ3v) is 4.36. The van der Waals surface area contributed by atoms with Gasteiger partial charge in [0.05, 0.1) is 12.0 Å². The molecule has 0 bridgehead atoms. The Morgan fingerprint density at radius 1 is 0.781 bits per heavy atom. The fraction of sp³-hybridized carbons (Fsp3) is 0.0455. The summed E-state index contributed by atoms with van der Waals surface area (Å²) in [6.45, 7) is 0. The highest BCUT2D eigenvalue weighted by Crippen LogP contribution is 2.15. The molecule has 0 saturated heterocycles. The molecule has 162 valence electrons. The Bertz CT molecular complexity index is 1160. The maximum absolute atomic E-state index is 12.4. The fourth-order valence-corrected chi connectivity index (χ4v) is 2.68. The number of carbonyl (C=O) groups excluding carboxylic acids is 3. The first-order valence-corrected chi connectivity index (χ1v) is 9.28. The lowest BCUT2D eigenvalue weighted by molar-refractivity contribution is -0.384. The van der Waals surface area contributed by atoms with Gasteiger partial charge in [-0.05, 0) is 54.6 Å². The van der Waals surface area contributed by atoms with Crippen molar-refractivity contribution in [3.05, 3.63) is 99.6 Å². The second-order valence-corrected chi connectivity index (χ2v) is 6.48. The lowest BCUT2D eigenvalue weighted by Gasteiger charge is -2.10. The SMILES string of the molecule is COc1ccc(C(=O)Nc2cccc(C(=O)NNC(=O)c3ccc([N+](=O)[O-])cc3)c2)cc1. The number of hydrogen-bond acceptors (Lipinski definition) is 6. The van der Waals surface area contributed by atoms with Gasteiger partial charge in [0.25, 0.3) is 23.4 Å². The molecule has 3 N–H and O–H groups in total. The van der Waals surface area contributed by atoms with Crippen LogP contribution in [0, 0.1) is 10.1 Å². The van der Waals surface area contributed by atoms with E-state index in [0.29, 0.717) is 17.0 Å². The normalized spacial score (nSPS) is 10.0. The van der Waals surface area contributed by atoms with Gasteiger partial charge in [0.15, 0.2) is 0 Å². The zero-order valence-corrected chi connectivity index (χ0v) is 16.8. The predicted octanol–water partition coefficient (Wildman–Crippen LogP) is 2.93. The standard InChI is InChI=1S/C22H18N4O6/c1-32-19-11-7-14(8-12-19)20(27)23-17-4-2-3-16(13-17)22(29)25-24-21(28)15-5-9-18(10-6-15)26(30)31/h2-13H,1H3,(H,23,27)(H,24,28)(H,25,29). The minimum atomic E-state index is -0.641. The Morgan fingerprint density at radius 3 is 1.94 bits per heavy atom. The van der Waals surface area contributed by atoms with E-state index in [1.165, 1.54) is 43.5 Å². The van der Waals surface area contributed by atoms with Gasteiger partial charge in [0, 0.05) is 34.5 Å². The number of methoxy groups -OCH3 is 1. The van der Waals surface area contributed by atoms with E-state index in [2.05, 4.69) is 16.2 Å². The molecule has 10 heteroatoms. The number of nitrogens with one attached hydrogen (secondary N) is 3. The van der Waals surface area contributed by atoms with Gasteiger partial charge in [-0.3, -0.25) is 35.3 Å². The smallest absolute Gasteiger partial charge is 0.269 e. The Balaban J connectivity index is 1.60. The molecule has 10 nitrogen and oxygen atoms in total. The Hall–Kier alpha value is -4.73. The molecule has 0 saturated carbocycles. The third-order valence-electron chi connectivity index (χ3n) is 4.36. The molecule has 0 aromatic heterocycles. The Morgan fingerprint density at radius 2 is 1.34 bits per heavy atom. The summed E-state index contributed by atoms with van der Waals surface area (Å²) < 4.78 is 5.06. The van der Waals surface area contributed by atoms with Gasteiger partial charge >= 0.3 is 0 Å². The number of rotatable bonds is 6.